The van der Waals surface area contributed by atoms with Crippen LogP contribution in [0.15, 0.2) is 0 Å². The number of hydrogen-bond acceptors (Lipinski definition) is 3. The molecule has 1 unspecified atom stereocenters. The molecule has 98 valence electrons. The van der Waals surface area contributed by atoms with E-state index in [1.807, 2.05) is 0 Å². The minimum Gasteiger partial charge on any atom is -0.338 e. The first-order valence-electron chi connectivity index (χ1n) is 6.79. The summed E-state index contributed by atoms with van der Waals surface area (Å²) in [6.07, 6.45) is 5.58. The Balaban J connectivity index is 2.06. The van der Waals surface area contributed by atoms with Crippen LogP contribution in [0.5, 0.6) is 0 Å². The highest BCUT2D eigenvalue weighted by molar-refractivity contribution is 5.79. The van der Waals surface area contributed by atoms with Crippen LogP contribution in [0.4, 0.5) is 0 Å². The molecule has 4 heteroatoms. The van der Waals surface area contributed by atoms with Crippen molar-refractivity contribution in [2.24, 2.45) is 11.7 Å². The van der Waals surface area contributed by atoms with E-state index in [0.29, 0.717) is 36.9 Å². The number of amides is 1. The SMILES string of the molecule is CN(C)[C@@H]1CCCC[C@H]1N1CC(CN)CC1=O. The van der Waals surface area contributed by atoms with E-state index in [9.17, 15) is 4.79 Å². The maximum absolute atomic E-state index is 12.1. The lowest BCUT2D eigenvalue weighted by Crippen LogP contribution is -2.51. The molecule has 1 aliphatic carbocycles. The smallest absolute Gasteiger partial charge is 0.223 e. The number of rotatable bonds is 3. The van der Waals surface area contributed by atoms with Crippen LogP contribution >= 0.6 is 0 Å². The third-order valence-corrected chi connectivity index (χ3v) is 4.33. The Bertz CT molecular complexity index is 280. The van der Waals surface area contributed by atoms with Crippen LogP contribution in [0.25, 0.3) is 0 Å². The van der Waals surface area contributed by atoms with Gasteiger partial charge < -0.3 is 15.5 Å². The van der Waals surface area contributed by atoms with Gasteiger partial charge in [0.15, 0.2) is 0 Å². The molecule has 1 saturated heterocycles. The van der Waals surface area contributed by atoms with E-state index in [4.69, 9.17) is 5.73 Å². The van der Waals surface area contributed by atoms with E-state index in [1.54, 1.807) is 0 Å². The molecule has 1 amide bonds. The fourth-order valence-electron chi connectivity index (χ4n) is 3.34. The predicted molar refractivity (Wildman–Crippen MR) is 68.6 cm³/mol. The minimum absolute atomic E-state index is 0.319. The van der Waals surface area contributed by atoms with Crippen molar-refractivity contribution >= 4 is 5.91 Å². The first-order valence-corrected chi connectivity index (χ1v) is 6.79. The third kappa shape index (κ3) is 2.63. The maximum atomic E-state index is 12.1. The second-order valence-electron chi connectivity index (χ2n) is 5.73. The Kier molecular flexibility index (Phi) is 4.05. The summed E-state index contributed by atoms with van der Waals surface area (Å²) < 4.78 is 0. The zero-order valence-electron chi connectivity index (χ0n) is 11.1. The number of hydrogen-bond donors (Lipinski definition) is 1. The van der Waals surface area contributed by atoms with E-state index >= 15 is 0 Å². The topological polar surface area (TPSA) is 49.6 Å². The average molecular weight is 239 g/mol. The van der Waals surface area contributed by atoms with Gasteiger partial charge in [-0.15, -0.1) is 0 Å². The van der Waals surface area contributed by atoms with Crippen molar-refractivity contribution in [2.45, 2.75) is 44.2 Å². The summed E-state index contributed by atoms with van der Waals surface area (Å²) in [7, 11) is 4.26. The normalized spacial score (nSPS) is 34.7. The Hall–Kier alpha value is -0.610. The average Bonchev–Trinajstić information content (AvgIpc) is 2.70. The van der Waals surface area contributed by atoms with E-state index in [-0.39, 0.29) is 0 Å². The molecule has 2 aliphatic rings. The van der Waals surface area contributed by atoms with Crippen molar-refractivity contribution in [3.63, 3.8) is 0 Å². The summed E-state index contributed by atoms with van der Waals surface area (Å²) in [5.74, 6) is 0.700. The Morgan fingerprint density at radius 1 is 1.35 bits per heavy atom. The number of likely N-dealkylation sites (N-methyl/N-ethyl adjacent to an activating group) is 1. The van der Waals surface area contributed by atoms with Crippen molar-refractivity contribution in [1.82, 2.24) is 9.80 Å². The van der Waals surface area contributed by atoms with Gasteiger partial charge in [0.1, 0.15) is 0 Å². The van der Waals surface area contributed by atoms with Crippen LogP contribution in [0.3, 0.4) is 0 Å². The number of nitrogens with zero attached hydrogens (tertiary/aromatic N) is 2. The number of likely N-dealkylation sites (tertiary alicyclic amines) is 1. The van der Waals surface area contributed by atoms with Crippen molar-refractivity contribution in [1.29, 1.82) is 0 Å². The third-order valence-electron chi connectivity index (χ3n) is 4.33. The molecule has 0 aromatic rings. The number of carbonyl (C=O) groups excluding carboxylic acids is 1. The van der Waals surface area contributed by atoms with Crippen LogP contribution in [0, 0.1) is 5.92 Å². The van der Waals surface area contributed by atoms with E-state index in [0.717, 1.165) is 13.0 Å². The summed E-state index contributed by atoms with van der Waals surface area (Å²) >= 11 is 0. The van der Waals surface area contributed by atoms with Crippen molar-refractivity contribution in [2.75, 3.05) is 27.2 Å². The van der Waals surface area contributed by atoms with Crippen LogP contribution in [0.1, 0.15) is 32.1 Å². The standard InChI is InChI=1S/C13H25N3O/c1-15(2)11-5-3-4-6-12(11)16-9-10(8-14)7-13(16)17/h10-12H,3-9,14H2,1-2H3/t10?,11-,12-/m1/s1. The highest BCUT2D eigenvalue weighted by Crippen LogP contribution is 2.30. The van der Waals surface area contributed by atoms with Crippen LogP contribution in [-0.4, -0.2) is 55.0 Å². The highest BCUT2D eigenvalue weighted by atomic mass is 16.2. The molecule has 1 heterocycles. The molecule has 2 rings (SSSR count). The largest absolute Gasteiger partial charge is 0.338 e. The molecule has 0 aromatic carbocycles. The molecule has 2 fully saturated rings. The fourth-order valence-corrected chi connectivity index (χ4v) is 3.34. The van der Waals surface area contributed by atoms with Gasteiger partial charge >= 0.3 is 0 Å². The van der Waals surface area contributed by atoms with E-state index < -0.39 is 0 Å². The predicted octanol–water partition coefficient (Wildman–Crippen LogP) is 0.666. The fraction of sp³-hybridized carbons (Fsp3) is 0.923. The molecule has 1 saturated carbocycles. The summed E-state index contributed by atoms with van der Waals surface area (Å²) in [5.41, 5.74) is 5.69. The molecule has 3 atom stereocenters. The molecule has 0 aromatic heterocycles. The number of carbonyl (C=O) groups is 1. The van der Waals surface area contributed by atoms with Gasteiger partial charge in [-0.05, 0) is 39.4 Å². The summed E-state index contributed by atoms with van der Waals surface area (Å²) in [4.78, 5) is 16.5. The highest BCUT2D eigenvalue weighted by Gasteiger charge is 2.38. The molecule has 0 spiro atoms. The molecule has 1 aliphatic heterocycles. The lowest BCUT2D eigenvalue weighted by molar-refractivity contribution is -0.131. The van der Waals surface area contributed by atoms with Gasteiger partial charge in [-0.2, -0.15) is 0 Å². The van der Waals surface area contributed by atoms with Crippen molar-refractivity contribution in [3.05, 3.63) is 0 Å². The first-order chi connectivity index (χ1) is 8.13. The number of nitrogens with two attached hydrogens (primary N) is 1. The second-order valence-corrected chi connectivity index (χ2v) is 5.73. The van der Waals surface area contributed by atoms with E-state index in [1.165, 1.54) is 19.3 Å². The molecule has 0 radical (unpaired) electrons. The monoisotopic (exact) mass is 239 g/mol. The van der Waals surface area contributed by atoms with Crippen molar-refractivity contribution < 1.29 is 4.79 Å². The van der Waals surface area contributed by atoms with Gasteiger partial charge in [0.05, 0.1) is 0 Å². The van der Waals surface area contributed by atoms with E-state index in [2.05, 4.69) is 23.9 Å². The van der Waals surface area contributed by atoms with Gasteiger partial charge in [-0.25, -0.2) is 0 Å². The summed E-state index contributed by atoms with van der Waals surface area (Å²) in [5, 5.41) is 0. The van der Waals surface area contributed by atoms with Crippen LogP contribution in [0.2, 0.25) is 0 Å². The van der Waals surface area contributed by atoms with Gasteiger partial charge in [0, 0.05) is 25.0 Å². The Morgan fingerprint density at radius 2 is 2.06 bits per heavy atom. The summed E-state index contributed by atoms with van der Waals surface area (Å²) in [6.45, 7) is 1.52. The summed E-state index contributed by atoms with van der Waals surface area (Å²) in [6, 6.07) is 0.951. The van der Waals surface area contributed by atoms with Gasteiger partial charge in [-0.1, -0.05) is 12.8 Å². The molecular weight excluding hydrogens is 214 g/mol. The zero-order valence-corrected chi connectivity index (χ0v) is 11.1. The van der Waals surface area contributed by atoms with Gasteiger partial charge in [0.25, 0.3) is 0 Å². The van der Waals surface area contributed by atoms with Gasteiger partial charge in [0.2, 0.25) is 5.91 Å². The van der Waals surface area contributed by atoms with Gasteiger partial charge in [-0.3, -0.25) is 4.79 Å². The molecule has 2 N–H and O–H groups in total. The molecule has 0 bridgehead atoms. The second kappa shape index (κ2) is 5.36. The maximum Gasteiger partial charge on any atom is 0.223 e. The lowest BCUT2D eigenvalue weighted by Gasteiger charge is -2.41. The Labute approximate surface area is 104 Å². The lowest BCUT2D eigenvalue weighted by atomic mass is 9.88. The quantitative estimate of drug-likeness (QED) is 0.787. The van der Waals surface area contributed by atoms with Crippen molar-refractivity contribution in [3.8, 4) is 0 Å². The van der Waals surface area contributed by atoms with Crippen LogP contribution < -0.4 is 5.73 Å². The zero-order chi connectivity index (χ0) is 12.4. The van der Waals surface area contributed by atoms with Crippen LogP contribution in [-0.2, 0) is 4.79 Å². The molecular formula is C13H25N3O. The molecule has 4 nitrogen and oxygen atoms in total. The Morgan fingerprint density at radius 3 is 2.65 bits per heavy atom. The first kappa shape index (κ1) is 12.8. The minimum atomic E-state index is 0.319. The molecule has 17 heavy (non-hydrogen) atoms.